The number of thiocarbonyl (C=S) groups is 1. The lowest BCUT2D eigenvalue weighted by Gasteiger charge is -2.14. The number of thiol groups is 1. The molecule has 10 heteroatoms. The summed E-state index contributed by atoms with van der Waals surface area (Å²) in [5, 5.41) is 5.49. The molecular weight excluding hydrogens is 415 g/mol. The number of hydrogen-bond acceptors (Lipinski definition) is 6. The van der Waals surface area contributed by atoms with E-state index in [0.717, 1.165) is 11.4 Å². The van der Waals surface area contributed by atoms with Crippen LogP contribution in [0.2, 0.25) is 0 Å². The Morgan fingerprint density at radius 1 is 1.07 bits per heavy atom. The van der Waals surface area contributed by atoms with E-state index in [0.29, 0.717) is 5.69 Å². The molecule has 0 radical (unpaired) electrons. The Balaban J connectivity index is 1.68. The maximum Gasteiger partial charge on any atom is 0.245 e. The first-order valence-corrected chi connectivity index (χ1v) is 9.50. The molecule has 0 fully saturated rings. The molecule has 0 aliphatic heterocycles. The van der Waals surface area contributed by atoms with Crippen molar-refractivity contribution in [2.24, 2.45) is 0 Å². The molecule has 2 aromatic carbocycles. The third-order valence-electron chi connectivity index (χ3n) is 3.62. The molecule has 2 aromatic rings. The summed E-state index contributed by atoms with van der Waals surface area (Å²) in [4.78, 5) is 23.9. The van der Waals surface area contributed by atoms with Crippen molar-refractivity contribution in [2.75, 3.05) is 17.7 Å². The number of ketones is 1. The molecule has 29 heavy (non-hydrogen) atoms. The first-order valence-electron chi connectivity index (χ1n) is 8.57. The number of methoxy groups -OCH3 is 1. The normalized spacial score (nSPS) is 11.1. The van der Waals surface area contributed by atoms with Gasteiger partial charge in [0.05, 0.1) is 18.9 Å². The van der Waals surface area contributed by atoms with Gasteiger partial charge in [0.25, 0.3) is 0 Å². The van der Waals surface area contributed by atoms with E-state index in [9.17, 15) is 14.0 Å². The van der Waals surface area contributed by atoms with Crippen molar-refractivity contribution in [3.05, 3.63) is 54.3 Å². The predicted molar refractivity (Wildman–Crippen MR) is 118 cm³/mol. The van der Waals surface area contributed by atoms with Crippen LogP contribution in [0.25, 0.3) is 0 Å². The van der Waals surface area contributed by atoms with E-state index in [-0.39, 0.29) is 29.6 Å². The Morgan fingerprint density at radius 2 is 1.69 bits per heavy atom. The molecule has 0 bridgehead atoms. The minimum Gasteiger partial charge on any atom is -0.497 e. The number of ether oxygens (including phenoxy) is 1. The molecule has 4 N–H and O–H groups in total. The SMILES string of the molecule is COc1ccc(NC(S)CC(=O)CC(=O)NNC(=S)Nc2ccc(F)cc2)cc1. The average molecular weight is 437 g/mol. The van der Waals surface area contributed by atoms with Gasteiger partial charge in [0.15, 0.2) is 5.11 Å². The van der Waals surface area contributed by atoms with Crippen LogP contribution in [0.4, 0.5) is 15.8 Å². The van der Waals surface area contributed by atoms with Crippen LogP contribution < -0.4 is 26.2 Å². The summed E-state index contributed by atoms with van der Waals surface area (Å²) in [6, 6.07) is 12.7. The van der Waals surface area contributed by atoms with Gasteiger partial charge in [-0.05, 0) is 60.7 Å². The van der Waals surface area contributed by atoms with Crippen LogP contribution in [0.1, 0.15) is 12.8 Å². The number of nitrogens with one attached hydrogen (secondary N) is 4. The highest BCUT2D eigenvalue weighted by Crippen LogP contribution is 2.17. The molecule has 0 saturated heterocycles. The lowest BCUT2D eigenvalue weighted by atomic mass is 10.2. The Bertz CT molecular complexity index is 848. The smallest absolute Gasteiger partial charge is 0.245 e. The van der Waals surface area contributed by atoms with Gasteiger partial charge in [0, 0.05) is 17.8 Å². The Labute approximate surface area is 178 Å². The number of anilines is 2. The van der Waals surface area contributed by atoms with Crippen molar-refractivity contribution in [1.29, 1.82) is 0 Å². The van der Waals surface area contributed by atoms with Crippen molar-refractivity contribution in [3.63, 3.8) is 0 Å². The third-order valence-corrected chi connectivity index (χ3v) is 4.14. The molecule has 0 spiro atoms. The summed E-state index contributed by atoms with van der Waals surface area (Å²) in [5.74, 6) is -0.477. The molecule has 2 rings (SSSR count). The Morgan fingerprint density at radius 3 is 2.31 bits per heavy atom. The number of carbonyl (C=O) groups is 2. The fraction of sp³-hybridized carbons (Fsp3) is 0.211. The van der Waals surface area contributed by atoms with Gasteiger partial charge in [-0.1, -0.05) is 0 Å². The minimum absolute atomic E-state index is 0.0564. The van der Waals surface area contributed by atoms with Gasteiger partial charge < -0.3 is 15.4 Å². The fourth-order valence-corrected chi connectivity index (χ4v) is 2.79. The molecule has 0 aliphatic rings. The molecular formula is C19H21FN4O3S2. The fourth-order valence-electron chi connectivity index (χ4n) is 2.26. The van der Waals surface area contributed by atoms with Crippen LogP contribution in [0.15, 0.2) is 48.5 Å². The van der Waals surface area contributed by atoms with Crippen LogP contribution in [0, 0.1) is 5.82 Å². The zero-order valence-corrected chi connectivity index (χ0v) is 17.3. The van der Waals surface area contributed by atoms with Crippen LogP contribution in [-0.4, -0.2) is 29.3 Å². The molecule has 7 nitrogen and oxygen atoms in total. The number of carbonyl (C=O) groups excluding carboxylic acids is 2. The second kappa shape index (κ2) is 11.2. The molecule has 0 aromatic heterocycles. The lowest BCUT2D eigenvalue weighted by Crippen LogP contribution is -2.44. The van der Waals surface area contributed by atoms with Crippen molar-refractivity contribution < 1.29 is 18.7 Å². The third kappa shape index (κ3) is 8.36. The van der Waals surface area contributed by atoms with Gasteiger partial charge in [-0.15, -0.1) is 0 Å². The van der Waals surface area contributed by atoms with Gasteiger partial charge in [-0.2, -0.15) is 12.6 Å². The highest BCUT2D eigenvalue weighted by molar-refractivity contribution is 7.81. The van der Waals surface area contributed by atoms with E-state index < -0.39 is 11.3 Å². The van der Waals surface area contributed by atoms with E-state index in [1.54, 1.807) is 31.4 Å². The number of halogens is 1. The number of hydrogen-bond donors (Lipinski definition) is 5. The summed E-state index contributed by atoms with van der Waals surface area (Å²) in [5.41, 5.74) is 6.15. The minimum atomic E-state index is -0.539. The van der Waals surface area contributed by atoms with E-state index >= 15 is 0 Å². The summed E-state index contributed by atoms with van der Waals surface area (Å²) in [7, 11) is 1.58. The molecule has 154 valence electrons. The van der Waals surface area contributed by atoms with Crippen molar-refractivity contribution >= 4 is 53.0 Å². The largest absolute Gasteiger partial charge is 0.497 e. The Hall–Kier alpha value is -2.85. The number of hydrazine groups is 1. The van der Waals surface area contributed by atoms with Gasteiger partial charge in [0.1, 0.15) is 17.3 Å². The van der Waals surface area contributed by atoms with Crippen LogP contribution in [0.3, 0.4) is 0 Å². The zero-order chi connectivity index (χ0) is 21.2. The topological polar surface area (TPSA) is 91.5 Å². The second-order valence-electron chi connectivity index (χ2n) is 5.94. The number of benzene rings is 2. The van der Waals surface area contributed by atoms with Crippen molar-refractivity contribution in [2.45, 2.75) is 18.2 Å². The van der Waals surface area contributed by atoms with E-state index in [1.165, 1.54) is 24.3 Å². The zero-order valence-electron chi connectivity index (χ0n) is 15.6. The average Bonchev–Trinajstić information content (AvgIpc) is 2.68. The first kappa shape index (κ1) is 22.4. The lowest BCUT2D eigenvalue weighted by molar-refractivity contribution is -0.128. The number of Topliss-reactive ketones (excluding diaryl/α,β-unsaturated/α-hetero) is 1. The van der Waals surface area contributed by atoms with Crippen molar-refractivity contribution in [1.82, 2.24) is 10.9 Å². The van der Waals surface area contributed by atoms with Crippen molar-refractivity contribution in [3.8, 4) is 5.75 Å². The van der Waals surface area contributed by atoms with Crippen LogP contribution in [0.5, 0.6) is 5.75 Å². The molecule has 1 amide bonds. The predicted octanol–water partition coefficient (Wildman–Crippen LogP) is 2.87. The van der Waals surface area contributed by atoms with Crippen LogP contribution in [-0.2, 0) is 9.59 Å². The second-order valence-corrected chi connectivity index (χ2v) is 6.97. The Kier molecular flexibility index (Phi) is 8.68. The molecule has 1 atom stereocenters. The van der Waals surface area contributed by atoms with E-state index in [1.807, 2.05) is 0 Å². The molecule has 0 aliphatic carbocycles. The van der Waals surface area contributed by atoms with Gasteiger partial charge in [0.2, 0.25) is 5.91 Å². The maximum atomic E-state index is 12.9. The standard InChI is InChI=1S/C19H21FN4O3S2/c1-27-16-8-6-13(7-9-16)21-18(28)11-15(25)10-17(26)23-24-19(29)22-14-4-2-12(20)3-5-14/h2-9,18,21,28H,10-11H2,1H3,(H,23,26)(H2,22,24,29). The summed E-state index contributed by atoms with van der Waals surface area (Å²) in [6.07, 6.45) is -0.269. The quantitative estimate of drug-likeness (QED) is 0.143. The van der Waals surface area contributed by atoms with Gasteiger partial charge in [-0.25, -0.2) is 4.39 Å². The highest BCUT2D eigenvalue weighted by atomic mass is 32.1. The summed E-state index contributed by atoms with van der Waals surface area (Å²) in [6.45, 7) is 0. The van der Waals surface area contributed by atoms with Gasteiger partial charge in [-0.3, -0.25) is 20.4 Å². The molecule has 0 heterocycles. The molecule has 1 unspecified atom stereocenters. The molecule has 0 saturated carbocycles. The maximum absolute atomic E-state index is 12.9. The highest BCUT2D eigenvalue weighted by Gasteiger charge is 2.14. The monoisotopic (exact) mass is 436 g/mol. The number of amides is 1. The van der Waals surface area contributed by atoms with E-state index in [2.05, 4.69) is 34.1 Å². The summed E-state index contributed by atoms with van der Waals surface area (Å²) < 4.78 is 17.9. The van der Waals surface area contributed by atoms with Crippen LogP contribution >= 0.6 is 24.8 Å². The van der Waals surface area contributed by atoms with E-state index in [4.69, 9.17) is 17.0 Å². The first-order chi connectivity index (χ1) is 13.9. The van der Waals surface area contributed by atoms with Gasteiger partial charge >= 0.3 is 0 Å². The number of rotatable bonds is 8. The summed E-state index contributed by atoms with van der Waals surface area (Å²) >= 11 is 9.35.